The van der Waals surface area contributed by atoms with Gasteiger partial charge >= 0.3 is 0 Å². The number of carbonyl (C=O) groups excluding carboxylic acids is 1. The lowest BCUT2D eigenvalue weighted by Gasteiger charge is -2.33. The highest BCUT2D eigenvalue weighted by atomic mass is 35.5. The van der Waals surface area contributed by atoms with E-state index in [1.165, 1.54) is 0 Å². The zero-order valence-corrected chi connectivity index (χ0v) is 11.5. The van der Waals surface area contributed by atoms with Crippen LogP contribution in [0.15, 0.2) is 29.8 Å². The number of hydrogen-bond acceptors (Lipinski definition) is 2. The first-order chi connectivity index (χ1) is 8.58. The molecule has 0 aliphatic heterocycles. The number of aldehydes is 1. The zero-order valence-electron chi connectivity index (χ0n) is 10.7. The highest BCUT2D eigenvalue weighted by Gasteiger charge is 2.31. The maximum atomic E-state index is 11.3. The molecular formula is C15H17ClO2. The maximum Gasteiger partial charge on any atom is 0.146 e. The number of hydrogen-bond donors (Lipinski definition) is 0. The van der Waals surface area contributed by atoms with Gasteiger partial charge in [-0.3, -0.25) is 4.79 Å². The van der Waals surface area contributed by atoms with Gasteiger partial charge in [0, 0.05) is 18.6 Å². The minimum atomic E-state index is -0.216. The van der Waals surface area contributed by atoms with Gasteiger partial charge in [0.05, 0.1) is 5.60 Å². The molecule has 1 aliphatic carbocycles. The van der Waals surface area contributed by atoms with Crippen molar-refractivity contribution >= 4 is 23.5 Å². The van der Waals surface area contributed by atoms with Crippen LogP contribution in [-0.4, -0.2) is 19.0 Å². The van der Waals surface area contributed by atoms with Crippen LogP contribution in [0.25, 0.3) is 5.57 Å². The summed E-state index contributed by atoms with van der Waals surface area (Å²) in [5.41, 5.74) is 2.83. The number of methoxy groups -OCH3 is 1. The van der Waals surface area contributed by atoms with Gasteiger partial charge in [0.15, 0.2) is 0 Å². The van der Waals surface area contributed by atoms with Crippen molar-refractivity contribution in [3.63, 3.8) is 0 Å². The summed E-state index contributed by atoms with van der Waals surface area (Å²) in [6.45, 7) is 2.05. The van der Waals surface area contributed by atoms with Crippen LogP contribution in [0.1, 0.15) is 31.7 Å². The first kappa shape index (κ1) is 13.3. The molecule has 2 nitrogen and oxygen atoms in total. The number of rotatable bonds is 3. The molecule has 1 atom stereocenters. The number of benzene rings is 1. The molecule has 18 heavy (non-hydrogen) atoms. The summed E-state index contributed by atoms with van der Waals surface area (Å²) in [4.78, 5) is 11.3. The molecule has 0 spiro atoms. The van der Waals surface area contributed by atoms with Crippen molar-refractivity contribution < 1.29 is 9.53 Å². The summed E-state index contributed by atoms with van der Waals surface area (Å²) in [5.74, 6) is 0. The van der Waals surface area contributed by atoms with Crippen LogP contribution in [0.2, 0.25) is 5.02 Å². The second-order valence-electron chi connectivity index (χ2n) is 4.96. The van der Waals surface area contributed by atoms with Crippen LogP contribution in [0, 0.1) is 0 Å². The van der Waals surface area contributed by atoms with Crippen LogP contribution in [0.3, 0.4) is 0 Å². The van der Waals surface area contributed by atoms with Gasteiger partial charge in [-0.2, -0.15) is 0 Å². The Kier molecular flexibility index (Phi) is 3.88. The predicted octanol–water partition coefficient (Wildman–Crippen LogP) is 3.88. The van der Waals surface area contributed by atoms with Gasteiger partial charge in [-0.1, -0.05) is 23.7 Å². The first-order valence-corrected chi connectivity index (χ1v) is 6.44. The first-order valence-electron chi connectivity index (χ1n) is 6.06. The lowest BCUT2D eigenvalue weighted by molar-refractivity contribution is -0.105. The van der Waals surface area contributed by atoms with E-state index in [1.807, 2.05) is 24.3 Å². The second kappa shape index (κ2) is 5.25. The van der Waals surface area contributed by atoms with Gasteiger partial charge in [0.1, 0.15) is 6.29 Å². The van der Waals surface area contributed by atoms with Crippen LogP contribution in [0.4, 0.5) is 0 Å². The van der Waals surface area contributed by atoms with Gasteiger partial charge in [0.2, 0.25) is 0 Å². The average molecular weight is 265 g/mol. The quantitative estimate of drug-likeness (QED) is 0.775. The normalized spacial score (nSPS) is 24.2. The largest absolute Gasteiger partial charge is 0.378 e. The second-order valence-corrected chi connectivity index (χ2v) is 5.40. The van der Waals surface area contributed by atoms with E-state index in [2.05, 4.69) is 6.92 Å². The van der Waals surface area contributed by atoms with E-state index in [0.717, 1.165) is 35.8 Å². The lowest BCUT2D eigenvalue weighted by atomic mass is 9.79. The topological polar surface area (TPSA) is 26.3 Å². The van der Waals surface area contributed by atoms with Crippen molar-refractivity contribution in [1.82, 2.24) is 0 Å². The molecule has 3 heteroatoms. The van der Waals surface area contributed by atoms with E-state index in [4.69, 9.17) is 16.3 Å². The molecule has 1 unspecified atom stereocenters. The molecule has 2 rings (SSSR count). The Morgan fingerprint density at radius 1 is 1.33 bits per heavy atom. The number of allylic oxidation sites excluding steroid dienone is 1. The monoisotopic (exact) mass is 264 g/mol. The fourth-order valence-corrected chi connectivity index (χ4v) is 2.54. The third-order valence-electron chi connectivity index (χ3n) is 3.68. The molecule has 1 aliphatic rings. The summed E-state index contributed by atoms with van der Waals surface area (Å²) >= 11 is 5.88. The van der Waals surface area contributed by atoms with Crippen LogP contribution < -0.4 is 0 Å². The molecule has 1 aromatic carbocycles. The van der Waals surface area contributed by atoms with Crippen molar-refractivity contribution in [3.05, 3.63) is 40.4 Å². The van der Waals surface area contributed by atoms with E-state index in [0.29, 0.717) is 11.4 Å². The Labute approximate surface area is 113 Å². The maximum absolute atomic E-state index is 11.3. The summed E-state index contributed by atoms with van der Waals surface area (Å²) in [6.07, 6.45) is 3.42. The molecule has 96 valence electrons. The zero-order chi connectivity index (χ0) is 13.2. The Morgan fingerprint density at radius 2 is 2.00 bits per heavy atom. The molecule has 0 amide bonds. The Balaban J connectivity index is 2.36. The van der Waals surface area contributed by atoms with Gasteiger partial charge < -0.3 is 4.74 Å². The van der Waals surface area contributed by atoms with Crippen molar-refractivity contribution in [2.24, 2.45) is 0 Å². The molecule has 0 saturated heterocycles. The van der Waals surface area contributed by atoms with Crippen molar-refractivity contribution in [3.8, 4) is 0 Å². The molecule has 1 aromatic rings. The Morgan fingerprint density at radius 3 is 2.56 bits per heavy atom. The number of halogens is 1. The summed E-state index contributed by atoms with van der Waals surface area (Å²) in [6, 6.07) is 7.65. The van der Waals surface area contributed by atoms with E-state index in [9.17, 15) is 4.79 Å². The van der Waals surface area contributed by atoms with E-state index >= 15 is 0 Å². The van der Waals surface area contributed by atoms with Gasteiger partial charge in [-0.25, -0.2) is 0 Å². The van der Waals surface area contributed by atoms with Gasteiger partial charge in [-0.05, 0) is 48.6 Å². The minimum absolute atomic E-state index is 0.216. The van der Waals surface area contributed by atoms with Crippen molar-refractivity contribution in [1.29, 1.82) is 0 Å². The molecule has 0 heterocycles. The third kappa shape index (κ3) is 2.65. The van der Waals surface area contributed by atoms with E-state index < -0.39 is 0 Å². The fourth-order valence-electron chi connectivity index (χ4n) is 2.42. The summed E-state index contributed by atoms with van der Waals surface area (Å²) < 4.78 is 5.50. The third-order valence-corrected chi connectivity index (χ3v) is 3.94. The van der Waals surface area contributed by atoms with Crippen LogP contribution in [0.5, 0.6) is 0 Å². The Hall–Kier alpha value is -1.12. The highest BCUT2D eigenvalue weighted by Crippen LogP contribution is 2.38. The smallest absolute Gasteiger partial charge is 0.146 e. The summed E-state index contributed by atoms with van der Waals surface area (Å²) in [7, 11) is 1.70. The molecule has 0 radical (unpaired) electrons. The fraction of sp³-hybridized carbons (Fsp3) is 0.400. The highest BCUT2D eigenvalue weighted by molar-refractivity contribution is 6.30. The summed E-state index contributed by atoms with van der Waals surface area (Å²) in [5, 5.41) is 0.713. The minimum Gasteiger partial charge on any atom is -0.378 e. The SMILES string of the molecule is COC1(C)CCC(c2ccc(Cl)cc2)=C(C=O)C1. The standard InChI is InChI=1S/C15H17ClO2/c1-15(18-2)8-7-14(12(9-15)10-17)11-3-5-13(16)6-4-11/h3-6,10H,7-9H2,1-2H3. The number of ether oxygens (including phenoxy) is 1. The van der Waals surface area contributed by atoms with Gasteiger partial charge in [-0.15, -0.1) is 0 Å². The number of carbonyl (C=O) groups is 1. The molecule has 0 bridgehead atoms. The molecular weight excluding hydrogens is 248 g/mol. The van der Waals surface area contributed by atoms with E-state index in [1.54, 1.807) is 7.11 Å². The van der Waals surface area contributed by atoms with Crippen molar-refractivity contribution in [2.75, 3.05) is 7.11 Å². The van der Waals surface area contributed by atoms with E-state index in [-0.39, 0.29) is 5.60 Å². The predicted molar refractivity (Wildman–Crippen MR) is 73.7 cm³/mol. The van der Waals surface area contributed by atoms with Crippen molar-refractivity contribution in [2.45, 2.75) is 31.8 Å². The van der Waals surface area contributed by atoms with Crippen LogP contribution in [-0.2, 0) is 9.53 Å². The van der Waals surface area contributed by atoms with Crippen LogP contribution >= 0.6 is 11.6 Å². The molecule has 0 saturated carbocycles. The Bertz CT molecular complexity index is 476. The lowest BCUT2D eigenvalue weighted by Crippen LogP contribution is -2.31. The van der Waals surface area contributed by atoms with Gasteiger partial charge in [0.25, 0.3) is 0 Å². The molecule has 0 aromatic heterocycles. The average Bonchev–Trinajstić information content (AvgIpc) is 2.40. The molecule has 0 N–H and O–H groups in total. The molecule has 0 fully saturated rings.